The van der Waals surface area contributed by atoms with Crippen LogP contribution < -0.4 is 4.74 Å². The molecular formula is C11H8ClFN2O. The van der Waals surface area contributed by atoms with Crippen molar-refractivity contribution in [1.29, 1.82) is 0 Å². The van der Waals surface area contributed by atoms with Crippen molar-refractivity contribution in [2.75, 3.05) is 7.11 Å². The van der Waals surface area contributed by atoms with Crippen LogP contribution in [0.25, 0.3) is 11.3 Å². The number of hydrogen-bond donors (Lipinski definition) is 0. The zero-order valence-electron chi connectivity index (χ0n) is 8.45. The molecule has 2 rings (SSSR count). The van der Waals surface area contributed by atoms with Crippen molar-refractivity contribution in [2.24, 2.45) is 0 Å². The van der Waals surface area contributed by atoms with Crippen molar-refractivity contribution in [3.63, 3.8) is 0 Å². The Hall–Kier alpha value is -1.68. The van der Waals surface area contributed by atoms with Crippen LogP contribution in [0.4, 0.5) is 4.39 Å². The van der Waals surface area contributed by atoms with Crippen molar-refractivity contribution in [3.05, 3.63) is 41.6 Å². The Labute approximate surface area is 96.9 Å². The molecule has 0 unspecified atom stereocenters. The van der Waals surface area contributed by atoms with Crippen molar-refractivity contribution < 1.29 is 9.13 Å². The van der Waals surface area contributed by atoms with Crippen LogP contribution in [-0.2, 0) is 0 Å². The highest BCUT2D eigenvalue weighted by atomic mass is 35.5. The largest absolute Gasteiger partial charge is 0.497 e. The fourth-order valence-electron chi connectivity index (χ4n) is 1.32. The number of benzene rings is 1. The van der Waals surface area contributed by atoms with Crippen molar-refractivity contribution in [2.45, 2.75) is 0 Å². The molecule has 16 heavy (non-hydrogen) atoms. The summed E-state index contributed by atoms with van der Waals surface area (Å²) in [6, 6.07) is 4.48. The van der Waals surface area contributed by atoms with Gasteiger partial charge in [0, 0.05) is 24.0 Å². The predicted molar refractivity (Wildman–Crippen MR) is 59.0 cm³/mol. The Morgan fingerprint density at radius 1 is 1.25 bits per heavy atom. The van der Waals surface area contributed by atoms with Crippen LogP contribution in [0, 0.1) is 5.82 Å². The molecule has 0 aliphatic heterocycles. The SMILES string of the molecule is COc1ccc(-c2nccnc2Cl)c(F)c1. The maximum absolute atomic E-state index is 13.7. The highest BCUT2D eigenvalue weighted by molar-refractivity contribution is 6.31. The quantitative estimate of drug-likeness (QED) is 0.807. The van der Waals surface area contributed by atoms with Gasteiger partial charge in [0.25, 0.3) is 0 Å². The van der Waals surface area contributed by atoms with Gasteiger partial charge >= 0.3 is 0 Å². The summed E-state index contributed by atoms with van der Waals surface area (Å²) in [5.74, 6) is 0.00279. The van der Waals surface area contributed by atoms with Gasteiger partial charge in [-0.05, 0) is 12.1 Å². The molecule has 0 saturated carbocycles. The van der Waals surface area contributed by atoms with Crippen LogP contribution in [-0.4, -0.2) is 17.1 Å². The fourth-order valence-corrected chi connectivity index (χ4v) is 1.52. The van der Waals surface area contributed by atoms with Crippen molar-refractivity contribution >= 4 is 11.6 Å². The van der Waals surface area contributed by atoms with Gasteiger partial charge in [0.15, 0.2) is 5.15 Å². The summed E-state index contributed by atoms with van der Waals surface area (Å²) in [4.78, 5) is 7.83. The topological polar surface area (TPSA) is 35.0 Å². The number of aromatic nitrogens is 2. The minimum Gasteiger partial charge on any atom is -0.497 e. The molecule has 0 aliphatic carbocycles. The maximum Gasteiger partial charge on any atom is 0.155 e. The summed E-state index contributed by atoms with van der Waals surface area (Å²) in [7, 11) is 1.48. The molecule has 82 valence electrons. The lowest BCUT2D eigenvalue weighted by molar-refractivity contribution is 0.411. The standard InChI is InChI=1S/C11H8ClFN2O/c1-16-7-2-3-8(9(13)6-7)10-11(12)15-5-4-14-10/h2-6H,1H3. The fraction of sp³-hybridized carbons (Fsp3) is 0.0909. The van der Waals surface area contributed by atoms with Gasteiger partial charge in [-0.2, -0.15) is 0 Å². The molecule has 0 radical (unpaired) electrons. The van der Waals surface area contributed by atoms with E-state index in [0.717, 1.165) is 0 Å². The number of rotatable bonds is 2. The second-order valence-corrected chi connectivity index (χ2v) is 3.40. The van der Waals surface area contributed by atoms with E-state index in [9.17, 15) is 4.39 Å². The van der Waals surface area contributed by atoms with Gasteiger partial charge in [-0.25, -0.2) is 9.37 Å². The van der Waals surface area contributed by atoms with E-state index in [-0.39, 0.29) is 5.15 Å². The molecule has 0 saturated heterocycles. The van der Waals surface area contributed by atoms with Crippen LogP contribution in [0.2, 0.25) is 5.15 Å². The smallest absolute Gasteiger partial charge is 0.155 e. The molecule has 0 N–H and O–H groups in total. The summed E-state index contributed by atoms with van der Waals surface area (Å²) in [5.41, 5.74) is 0.628. The van der Waals surface area contributed by atoms with E-state index in [2.05, 4.69) is 9.97 Å². The van der Waals surface area contributed by atoms with Gasteiger partial charge in [0.2, 0.25) is 0 Å². The summed E-state index contributed by atoms with van der Waals surface area (Å²) < 4.78 is 18.6. The van der Waals surface area contributed by atoms with E-state index in [1.807, 2.05) is 0 Å². The predicted octanol–water partition coefficient (Wildman–Crippen LogP) is 2.94. The summed E-state index contributed by atoms with van der Waals surface area (Å²) in [5, 5.41) is 0.173. The first-order valence-electron chi connectivity index (χ1n) is 4.53. The Morgan fingerprint density at radius 2 is 2.00 bits per heavy atom. The monoisotopic (exact) mass is 238 g/mol. The van der Waals surface area contributed by atoms with Gasteiger partial charge in [-0.1, -0.05) is 11.6 Å². The van der Waals surface area contributed by atoms with E-state index in [1.54, 1.807) is 12.1 Å². The molecule has 1 heterocycles. The van der Waals surface area contributed by atoms with E-state index >= 15 is 0 Å². The summed E-state index contributed by atoms with van der Waals surface area (Å²) in [6.07, 6.45) is 2.91. The Balaban J connectivity index is 2.53. The lowest BCUT2D eigenvalue weighted by atomic mass is 10.1. The zero-order chi connectivity index (χ0) is 11.5. The average molecular weight is 239 g/mol. The third-order valence-corrected chi connectivity index (χ3v) is 2.36. The highest BCUT2D eigenvalue weighted by Gasteiger charge is 2.11. The molecule has 1 aromatic heterocycles. The molecule has 3 nitrogen and oxygen atoms in total. The normalized spacial score (nSPS) is 10.2. The first kappa shape index (κ1) is 10.8. The number of halogens is 2. The number of methoxy groups -OCH3 is 1. The molecule has 0 spiro atoms. The van der Waals surface area contributed by atoms with E-state index < -0.39 is 5.82 Å². The summed E-state index contributed by atoms with van der Waals surface area (Å²) >= 11 is 5.83. The van der Waals surface area contributed by atoms with Crippen LogP contribution in [0.15, 0.2) is 30.6 Å². The van der Waals surface area contributed by atoms with Gasteiger partial charge in [0.05, 0.1) is 7.11 Å². The van der Waals surface area contributed by atoms with Crippen LogP contribution >= 0.6 is 11.6 Å². The second kappa shape index (κ2) is 4.45. The minimum absolute atomic E-state index is 0.173. The Morgan fingerprint density at radius 3 is 2.62 bits per heavy atom. The zero-order valence-corrected chi connectivity index (χ0v) is 9.20. The van der Waals surface area contributed by atoms with Crippen molar-refractivity contribution in [3.8, 4) is 17.0 Å². The maximum atomic E-state index is 13.7. The first-order chi connectivity index (χ1) is 7.72. The molecule has 1 aromatic carbocycles. The molecule has 0 bridgehead atoms. The molecular weight excluding hydrogens is 231 g/mol. The van der Waals surface area contributed by atoms with Gasteiger partial charge in [-0.15, -0.1) is 0 Å². The minimum atomic E-state index is -0.443. The molecule has 0 atom stereocenters. The lowest BCUT2D eigenvalue weighted by Gasteiger charge is -2.05. The highest BCUT2D eigenvalue weighted by Crippen LogP contribution is 2.28. The van der Waals surface area contributed by atoms with Crippen molar-refractivity contribution in [1.82, 2.24) is 9.97 Å². The van der Waals surface area contributed by atoms with E-state index in [4.69, 9.17) is 16.3 Å². The number of nitrogens with zero attached hydrogens (tertiary/aromatic N) is 2. The Kier molecular flexibility index (Phi) is 3.01. The van der Waals surface area contributed by atoms with E-state index in [0.29, 0.717) is 17.0 Å². The van der Waals surface area contributed by atoms with Gasteiger partial charge < -0.3 is 4.74 Å². The molecule has 0 fully saturated rings. The third kappa shape index (κ3) is 1.97. The van der Waals surface area contributed by atoms with Crippen LogP contribution in [0.1, 0.15) is 0 Å². The van der Waals surface area contributed by atoms with Gasteiger partial charge in [-0.3, -0.25) is 4.98 Å². The Bertz CT molecular complexity index is 519. The van der Waals surface area contributed by atoms with E-state index in [1.165, 1.54) is 25.6 Å². The number of ether oxygens (including phenoxy) is 1. The third-order valence-electron chi connectivity index (χ3n) is 2.08. The number of hydrogen-bond acceptors (Lipinski definition) is 3. The summed E-state index contributed by atoms with van der Waals surface area (Å²) in [6.45, 7) is 0. The first-order valence-corrected chi connectivity index (χ1v) is 4.90. The molecule has 0 aliphatic rings. The average Bonchev–Trinajstić information content (AvgIpc) is 2.30. The molecule has 0 amide bonds. The van der Waals surface area contributed by atoms with Crippen LogP contribution in [0.3, 0.4) is 0 Å². The lowest BCUT2D eigenvalue weighted by Crippen LogP contribution is -1.92. The second-order valence-electron chi connectivity index (χ2n) is 3.04. The molecule has 2 aromatic rings. The van der Waals surface area contributed by atoms with Gasteiger partial charge in [0.1, 0.15) is 17.3 Å². The van der Waals surface area contributed by atoms with Crippen LogP contribution in [0.5, 0.6) is 5.75 Å². The molecule has 5 heteroatoms.